The van der Waals surface area contributed by atoms with Crippen molar-refractivity contribution in [1.82, 2.24) is 15.2 Å². The minimum atomic E-state index is -4.41. The second kappa shape index (κ2) is 14.6. The van der Waals surface area contributed by atoms with E-state index in [9.17, 15) is 31.9 Å². The van der Waals surface area contributed by atoms with Crippen molar-refractivity contribution < 1.29 is 42.2 Å². The van der Waals surface area contributed by atoms with Gasteiger partial charge in [-0.15, -0.1) is 0 Å². The van der Waals surface area contributed by atoms with Crippen LogP contribution in [0.4, 0.5) is 17.6 Å². The Hall–Kier alpha value is -5.10. The van der Waals surface area contributed by atoms with E-state index in [0.29, 0.717) is 35.4 Å². The number of carboxylic acid groups (broad SMARTS) is 2. The number of hydrogen-bond acceptors (Lipinski definition) is 5. The summed E-state index contributed by atoms with van der Waals surface area (Å²) in [5.74, 6) is -3.04. The molecule has 2 heterocycles. The Morgan fingerprint density at radius 3 is 2.16 bits per heavy atom. The number of benzene rings is 3. The molecule has 0 aliphatic carbocycles. The first-order valence-corrected chi connectivity index (χ1v) is 13.9. The van der Waals surface area contributed by atoms with E-state index in [0.717, 1.165) is 54.7 Å². The van der Waals surface area contributed by atoms with Gasteiger partial charge in [-0.3, -0.25) is 14.7 Å². The van der Waals surface area contributed by atoms with Crippen molar-refractivity contribution in [3.63, 3.8) is 0 Å². The first kappa shape index (κ1) is 32.8. The molecule has 0 unspecified atom stereocenters. The molecular formula is C33H29F4N3O5. The van der Waals surface area contributed by atoms with Crippen LogP contribution in [-0.4, -0.2) is 57.1 Å². The van der Waals surface area contributed by atoms with Crippen molar-refractivity contribution in [2.75, 3.05) is 13.1 Å². The van der Waals surface area contributed by atoms with Gasteiger partial charge in [-0.2, -0.15) is 13.2 Å². The largest absolute Gasteiger partial charge is 0.478 e. The number of rotatable bonds is 7. The molecule has 234 valence electrons. The highest BCUT2D eigenvalue weighted by Crippen LogP contribution is 2.32. The third-order valence-electron chi connectivity index (χ3n) is 7.08. The molecule has 1 amide bonds. The molecule has 1 saturated heterocycles. The van der Waals surface area contributed by atoms with Gasteiger partial charge in [-0.25, -0.2) is 14.0 Å². The zero-order chi connectivity index (χ0) is 32.6. The maximum absolute atomic E-state index is 13.4. The minimum Gasteiger partial charge on any atom is -0.478 e. The van der Waals surface area contributed by atoms with Crippen LogP contribution in [0.1, 0.15) is 34.5 Å². The molecule has 1 aliphatic heterocycles. The van der Waals surface area contributed by atoms with Crippen LogP contribution >= 0.6 is 0 Å². The fourth-order valence-corrected chi connectivity index (χ4v) is 4.87. The van der Waals surface area contributed by atoms with E-state index < -0.39 is 23.7 Å². The predicted molar refractivity (Wildman–Crippen MR) is 159 cm³/mol. The number of nitrogens with one attached hydrogen (secondary N) is 1. The Kier molecular flexibility index (Phi) is 10.6. The summed E-state index contributed by atoms with van der Waals surface area (Å²) in [6, 6.07) is 20.1. The Bertz CT molecular complexity index is 1680. The Labute approximate surface area is 255 Å². The van der Waals surface area contributed by atoms with Gasteiger partial charge in [0.1, 0.15) is 5.82 Å². The maximum Gasteiger partial charge on any atom is 0.416 e. The van der Waals surface area contributed by atoms with Crippen LogP contribution in [0.25, 0.3) is 22.0 Å². The first-order valence-electron chi connectivity index (χ1n) is 13.9. The molecule has 0 bridgehead atoms. The van der Waals surface area contributed by atoms with E-state index in [1.165, 1.54) is 24.3 Å². The lowest BCUT2D eigenvalue weighted by Gasteiger charge is -2.32. The Morgan fingerprint density at radius 2 is 1.53 bits per heavy atom. The number of piperidine rings is 1. The van der Waals surface area contributed by atoms with Crippen LogP contribution in [0.3, 0.4) is 0 Å². The second-order valence-electron chi connectivity index (χ2n) is 10.3. The summed E-state index contributed by atoms with van der Waals surface area (Å²) >= 11 is 0. The van der Waals surface area contributed by atoms with Gasteiger partial charge in [-0.05, 0) is 66.4 Å². The summed E-state index contributed by atoms with van der Waals surface area (Å²) in [6.45, 7) is 2.24. The molecule has 1 fully saturated rings. The molecule has 5 rings (SSSR count). The number of alkyl halides is 3. The molecule has 45 heavy (non-hydrogen) atoms. The molecule has 4 aromatic rings. The quantitative estimate of drug-likeness (QED) is 0.167. The third-order valence-corrected chi connectivity index (χ3v) is 7.08. The van der Waals surface area contributed by atoms with Gasteiger partial charge in [0.15, 0.2) is 0 Å². The zero-order valence-electron chi connectivity index (χ0n) is 23.8. The van der Waals surface area contributed by atoms with Crippen molar-refractivity contribution in [3.05, 3.63) is 114 Å². The normalized spacial score (nSPS) is 14.1. The molecule has 1 aliphatic rings. The number of aliphatic carboxylic acids is 2. The van der Waals surface area contributed by atoms with Gasteiger partial charge in [0.25, 0.3) is 5.91 Å². The highest BCUT2D eigenvalue weighted by atomic mass is 19.4. The number of fused-ring (bicyclic) bond motifs is 1. The molecule has 0 spiro atoms. The molecule has 3 N–H and O–H groups in total. The summed E-state index contributed by atoms with van der Waals surface area (Å²) in [5.41, 5.74) is 2.52. The number of carboxylic acids is 2. The SMILES string of the molecule is O=C(NC1CCN(Cc2ccc3cc(F)ccc3n2)CC1)c1ccccc1-c1ccc(C(F)(F)F)cc1.O=C(O)/C=C/C(=O)O. The van der Waals surface area contributed by atoms with E-state index in [4.69, 9.17) is 10.2 Å². The predicted octanol–water partition coefficient (Wildman–Crippen LogP) is 6.17. The maximum atomic E-state index is 13.4. The first-order chi connectivity index (χ1) is 21.4. The lowest BCUT2D eigenvalue weighted by molar-refractivity contribution is -0.137. The van der Waals surface area contributed by atoms with Crippen LogP contribution in [-0.2, 0) is 22.3 Å². The highest BCUT2D eigenvalue weighted by Gasteiger charge is 2.30. The van der Waals surface area contributed by atoms with Gasteiger partial charge >= 0.3 is 18.1 Å². The number of amides is 1. The summed E-state index contributed by atoms with van der Waals surface area (Å²) < 4.78 is 52.2. The van der Waals surface area contributed by atoms with E-state index in [-0.39, 0.29) is 17.8 Å². The van der Waals surface area contributed by atoms with Crippen LogP contribution in [0.2, 0.25) is 0 Å². The molecule has 8 nitrogen and oxygen atoms in total. The fraction of sp³-hybridized carbons (Fsp3) is 0.212. The topological polar surface area (TPSA) is 120 Å². The number of pyridine rings is 1. The molecular weight excluding hydrogens is 594 g/mol. The summed E-state index contributed by atoms with van der Waals surface area (Å²) in [7, 11) is 0. The molecule has 1 aromatic heterocycles. The summed E-state index contributed by atoms with van der Waals surface area (Å²) in [5, 5.41) is 19.5. The van der Waals surface area contributed by atoms with Gasteiger partial charge in [-0.1, -0.05) is 36.4 Å². The van der Waals surface area contributed by atoms with Crippen LogP contribution in [0.15, 0.2) is 91.0 Å². The van der Waals surface area contributed by atoms with Crippen LogP contribution < -0.4 is 5.32 Å². The number of nitrogens with zero attached hydrogens (tertiary/aromatic N) is 2. The second-order valence-corrected chi connectivity index (χ2v) is 10.3. The average molecular weight is 624 g/mol. The number of aromatic nitrogens is 1. The van der Waals surface area contributed by atoms with Gasteiger partial charge in [0.2, 0.25) is 0 Å². The summed E-state index contributed by atoms with van der Waals surface area (Å²) in [6.07, 6.45) is -1.75. The van der Waals surface area contributed by atoms with E-state index in [1.54, 1.807) is 30.3 Å². The Balaban J connectivity index is 0.000000510. The number of carbonyl (C=O) groups excluding carboxylic acids is 1. The van der Waals surface area contributed by atoms with Gasteiger partial charge in [0, 0.05) is 48.8 Å². The van der Waals surface area contributed by atoms with Crippen molar-refractivity contribution in [2.45, 2.75) is 31.6 Å². The minimum absolute atomic E-state index is 0.00282. The molecule has 0 radical (unpaired) electrons. The number of hydrogen-bond donors (Lipinski definition) is 3. The van der Waals surface area contributed by atoms with E-state index in [1.807, 2.05) is 12.1 Å². The monoisotopic (exact) mass is 623 g/mol. The van der Waals surface area contributed by atoms with Gasteiger partial charge in [0.05, 0.1) is 16.8 Å². The van der Waals surface area contributed by atoms with Crippen LogP contribution in [0, 0.1) is 5.82 Å². The smallest absolute Gasteiger partial charge is 0.416 e. The lowest BCUT2D eigenvalue weighted by Crippen LogP contribution is -2.44. The van der Waals surface area contributed by atoms with E-state index >= 15 is 0 Å². The van der Waals surface area contributed by atoms with E-state index in [2.05, 4.69) is 15.2 Å². The number of halogens is 4. The lowest BCUT2D eigenvalue weighted by atomic mass is 9.97. The molecule has 12 heteroatoms. The molecule has 0 atom stereocenters. The van der Waals surface area contributed by atoms with Crippen LogP contribution in [0.5, 0.6) is 0 Å². The molecule has 0 saturated carbocycles. The van der Waals surface area contributed by atoms with Crippen molar-refractivity contribution in [1.29, 1.82) is 0 Å². The van der Waals surface area contributed by atoms with Crippen molar-refractivity contribution >= 4 is 28.7 Å². The highest BCUT2D eigenvalue weighted by molar-refractivity contribution is 6.01. The standard InChI is InChI=1S/C29H25F4N3O.C4H4O4/c30-22-10-12-27-20(17-22)7-11-24(34-27)18-36-15-13-23(14-16-36)35-28(37)26-4-2-1-3-25(26)19-5-8-21(9-6-19)29(31,32)33;5-3(6)1-2-4(7)8/h1-12,17,23H,13-16,18H2,(H,35,37);1-2H,(H,5,6)(H,7,8)/b;2-1+. The third kappa shape index (κ3) is 9.44. The average Bonchev–Trinajstić information content (AvgIpc) is 3.01. The fourth-order valence-electron chi connectivity index (χ4n) is 4.87. The molecule has 3 aromatic carbocycles. The zero-order valence-corrected chi connectivity index (χ0v) is 23.8. The van der Waals surface area contributed by atoms with Crippen molar-refractivity contribution in [2.24, 2.45) is 0 Å². The summed E-state index contributed by atoms with van der Waals surface area (Å²) in [4.78, 5) is 39.1. The van der Waals surface area contributed by atoms with Gasteiger partial charge < -0.3 is 15.5 Å². The number of likely N-dealkylation sites (tertiary alicyclic amines) is 1. The van der Waals surface area contributed by atoms with Crippen molar-refractivity contribution in [3.8, 4) is 11.1 Å². The Morgan fingerprint density at radius 1 is 0.889 bits per heavy atom. The number of carbonyl (C=O) groups is 3.